The zero-order valence-corrected chi connectivity index (χ0v) is 18.5. The maximum atomic E-state index is 12.2. The van der Waals surface area contributed by atoms with Crippen LogP contribution in [0.25, 0.3) is 0 Å². The molecule has 1 heterocycles. The van der Waals surface area contributed by atoms with E-state index in [-0.39, 0.29) is 13.0 Å². The van der Waals surface area contributed by atoms with Gasteiger partial charge in [0.2, 0.25) is 11.9 Å². The van der Waals surface area contributed by atoms with Crippen molar-refractivity contribution in [1.29, 1.82) is 0 Å². The first-order valence-electron chi connectivity index (χ1n) is 10.1. The number of nitrogens with one attached hydrogen (secondary N) is 1. The molecule has 3 rings (SSSR count). The average Bonchev–Trinajstić information content (AvgIpc) is 2.84. The van der Waals surface area contributed by atoms with Crippen LogP contribution in [0, 0.1) is 0 Å². The van der Waals surface area contributed by atoms with E-state index in [1.807, 2.05) is 0 Å². The molecule has 0 aliphatic carbocycles. The van der Waals surface area contributed by atoms with Gasteiger partial charge in [0.15, 0.2) is 29.6 Å². The fraction of sp³-hybridized carbons (Fsp3) is 0.348. The van der Waals surface area contributed by atoms with Crippen molar-refractivity contribution in [1.82, 2.24) is 5.32 Å². The molecule has 0 fully saturated rings. The van der Waals surface area contributed by atoms with Crippen molar-refractivity contribution >= 4 is 17.8 Å². The summed E-state index contributed by atoms with van der Waals surface area (Å²) in [5.74, 6) is 0.278. The van der Waals surface area contributed by atoms with E-state index < -0.39 is 30.5 Å². The molecule has 0 spiro atoms. The summed E-state index contributed by atoms with van der Waals surface area (Å²) in [7, 11) is 4.50. The number of carbonyl (C=O) groups excluding carboxylic acids is 3. The summed E-state index contributed by atoms with van der Waals surface area (Å²) in [5.41, 5.74) is 0.760. The molecule has 0 unspecified atom stereocenters. The number of ether oxygens (including phenoxy) is 6. The Morgan fingerprint density at radius 3 is 2.30 bits per heavy atom. The number of imide groups is 1. The second-order valence-electron chi connectivity index (χ2n) is 6.97. The van der Waals surface area contributed by atoms with Crippen molar-refractivity contribution < 1.29 is 42.8 Å². The zero-order chi connectivity index (χ0) is 23.8. The summed E-state index contributed by atoms with van der Waals surface area (Å²) in [6.45, 7) is -0.630. The third kappa shape index (κ3) is 6.06. The van der Waals surface area contributed by atoms with Crippen LogP contribution in [0.2, 0.25) is 0 Å². The molecule has 2 aromatic rings. The van der Waals surface area contributed by atoms with Gasteiger partial charge in [0.05, 0.1) is 21.3 Å². The minimum Gasteiger partial charge on any atom is -0.493 e. The molecule has 0 aromatic heterocycles. The lowest BCUT2D eigenvalue weighted by Gasteiger charge is -2.25. The van der Waals surface area contributed by atoms with E-state index in [9.17, 15) is 14.4 Å². The summed E-state index contributed by atoms with van der Waals surface area (Å²) < 4.78 is 31.8. The first kappa shape index (κ1) is 23.7. The number of rotatable bonds is 9. The Labute approximate surface area is 190 Å². The maximum Gasteiger partial charge on any atom is 0.306 e. The largest absolute Gasteiger partial charge is 0.493 e. The van der Waals surface area contributed by atoms with Crippen molar-refractivity contribution in [3.8, 4) is 28.7 Å². The van der Waals surface area contributed by atoms with E-state index in [4.69, 9.17) is 28.4 Å². The molecule has 1 aliphatic heterocycles. The lowest BCUT2D eigenvalue weighted by Crippen LogP contribution is -2.47. The minimum atomic E-state index is -0.986. The summed E-state index contributed by atoms with van der Waals surface area (Å²) >= 11 is 0. The molecule has 10 heteroatoms. The number of hydrogen-bond acceptors (Lipinski definition) is 9. The maximum absolute atomic E-state index is 12.2. The van der Waals surface area contributed by atoms with Crippen molar-refractivity contribution in [2.45, 2.75) is 18.9 Å². The van der Waals surface area contributed by atoms with Crippen molar-refractivity contribution in [3.63, 3.8) is 0 Å². The van der Waals surface area contributed by atoms with Gasteiger partial charge in [-0.2, -0.15) is 0 Å². The smallest absolute Gasteiger partial charge is 0.306 e. The standard InChI is InChI=1S/C23H25NO9/c1-28-17-10-14(11-18(29-2)22(17)30-3)8-9-21(26)32-13-20(25)24-23(27)19-12-31-15-6-4-5-7-16(15)33-19/h4-7,10-11,19H,8-9,12-13H2,1-3H3,(H,24,25,27)/t19-/m1/s1. The highest BCUT2D eigenvalue weighted by atomic mass is 16.6. The quantitative estimate of drug-likeness (QED) is 0.559. The van der Waals surface area contributed by atoms with Gasteiger partial charge >= 0.3 is 5.97 Å². The molecule has 10 nitrogen and oxygen atoms in total. The average molecular weight is 459 g/mol. The Hall–Kier alpha value is -3.95. The molecular weight excluding hydrogens is 434 g/mol. The third-order valence-corrected chi connectivity index (χ3v) is 4.77. The van der Waals surface area contributed by atoms with Crippen LogP contribution in [0.1, 0.15) is 12.0 Å². The predicted molar refractivity (Wildman–Crippen MR) is 115 cm³/mol. The van der Waals surface area contributed by atoms with E-state index in [0.29, 0.717) is 35.2 Å². The number of aryl methyl sites for hydroxylation is 1. The van der Waals surface area contributed by atoms with Crippen molar-refractivity contribution in [3.05, 3.63) is 42.0 Å². The van der Waals surface area contributed by atoms with Crippen LogP contribution >= 0.6 is 0 Å². The highest BCUT2D eigenvalue weighted by molar-refractivity contribution is 5.98. The minimum absolute atomic E-state index is 0.0101. The van der Waals surface area contributed by atoms with Crippen LogP contribution in [-0.4, -0.2) is 58.4 Å². The lowest BCUT2D eigenvalue weighted by molar-refractivity contribution is -0.150. The fourth-order valence-corrected chi connectivity index (χ4v) is 3.15. The molecule has 0 saturated heterocycles. The van der Waals surface area contributed by atoms with Gasteiger partial charge in [-0.25, -0.2) is 0 Å². The summed E-state index contributed by atoms with van der Waals surface area (Å²) in [4.78, 5) is 36.3. The first-order chi connectivity index (χ1) is 15.9. The second kappa shape index (κ2) is 11.1. The molecule has 0 bridgehead atoms. The van der Waals surface area contributed by atoms with Gasteiger partial charge in [-0.05, 0) is 36.2 Å². The van der Waals surface area contributed by atoms with Crippen LogP contribution in [0.15, 0.2) is 36.4 Å². The van der Waals surface area contributed by atoms with Gasteiger partial charge in [0.25, 0.3) is 11.8 Å². The molecule has 1 aliphatic rings. The van der Waals surface area contributed by atoms with Gasteiger partial charge in [-0.1, -0.05) is 12.1 Å². The van der Waals surface area contributed by atoms with Gasteiger partial charge in [-0.15, -0.1) is 0 Å². The topological polar surface area (TPSA) is 119 Å². The van der Waals surface area contributed by atoms with Gasteiger partial charge in [0.1, 0.15) is 6.61 Å². The first-order valence-corrected chi connectivity index (χ1v) is 10.1. The summed E-state index contributed by atoms with van der Waals surface area (Å²) in [5, 5.41) is 2.15. The third-order valence-electron chi connectivity index (χ3n) is 4.77. The van der Waals surface area contributed by atoms with Gasteiger partial charge in [-0.3, -0.25) is 19.7 Å². The van der Waals surface area contributed by atoms with Crippen molar-refractivity contribution in [2.75, 3.05) is 34.5 Å². The number of carbonyl (C=O) groups is 3. The fourth-order valence-electron chi connectivity index (χ4n) is 3.15. The molecule has 2 aromatic carbocycles. The zero-order valence-electron chi connectivity index (χ0n) is 18.5. The Kier molecular flexibility index (Phi) is 7.96. The van der Waals surface area contributed by atoms with E-state index >= 15 is 0 Å². The number of esters is 1. The molecule has 33 heavy (non-hydrogen) atoms. The molecule has 1 N–H and O–H groups in total. The van der Waals surface area contributed by atoms with Gasteiger partial charge < -0.3 is 28.4 Å². The molecular formula is C23H25NO9. The number of para-hydroxylation sites is 2. The number of benzene rings is 2. The molecule has 0 saturated carbocycles. The Morgan fingerprint density at radius 1 is 1.00 bits per heavy atom. The Balaban J connectivity index is 1.44. The van der Waals surface area contributed by atoms with Crippen LogP contribution in [-0.2, 0) is 25.5 Å². The van der Waals surface area contributed by atoms with E-state index in [1.165, 1.54) is 21.3 Å². The highest BCUT2D eigenvalue weighted by Crippen LogP contribution is 2.38. The number of fused-ring (bicyclic) bond motifs is 1. The SMILES string of the molecule is COc1cc(CCC(=O)OCC(=O)NC(=O)[C@H]2COc3ccccc3O2)cc(OC)c1OC. The van der Waals surface area contributed by atoms with E-state index in [2.05, 4.69) is 5.32 Å². The van der Waals surface area contributed by atoms with E-state index in [0.717, 1.165) is 5.56 Å². The Morgan fingerprint density at radius 2 is 1.67 bits per heavy atom. The second-order valence-corrected chi connectivity index (χ2v) is 6.97. The van der Waals surface area contributed by atoms with Crippen LogP contribution in [0.4, 0.5) is 0 Å². The molecule has 2 amide bonds. The summed E-state index contributed by atoms with van der Waals surface area (Å²) in [6, 6.07) is 10.3. The molecule has 1 atom stereocenters. The van der Waals surface area contributed by atoms with E-state index in [1.54, 1.807) is 36.4 Å². The van der Waals surface area contributed by atoms with Crippen LogP contribution < -0.4 is 29.0 Å². The lowest BCUT2D eigenvalue weighted by atomic mass is 10.1. The number of hydrogen-bond donors (Lipinski definition) is 1. The van der Waals surface area contributed by atoms with Gasteiger partial charge in [0, 0.05) is 6.42 Å². The van der Waals surface area contributed by atoms with Crippen molar-refractivity contribution in [2.24, 2.45) is 0 Å². The van der Waals surface area contributed by atoms with Crippen LogP contribution in [0.3, 0.4) is 0 Å². The molecule has 176 valence electrons. The van der Waals surface area contributed by atoms with Crippen LogP contribution in [0.5, 0.6) is 28.7 Å². The number of methoxy groups -OCH3 is 3. The highest BCUT2D eigenvalue weighted by Gasteiger charge is 2.28. The summed E-state index contributed by atoms with van der Waals surface area (Å²) in [6.07, 6.45) is -0.654. The Bertz CT molecular complexity index is 996. The predicted octanol–water partition coefficient (Wildman–Crippen LogP) is 1.67. The monoisotopic (exact) mass is 459 g/mol. The molecule has 0 radical (unpaired) electrons. The number of amides is 2. The normalized spacial score (nSPS) is 14.1.